The van der Waals surface area contributed by atoms with E-state index in [2.05, 4.69) is 163 Å². The van der Waals surface area contributed by atoms with Crippen molar-refractivity contribution >= 4 is 70.5 Å². The van der Waals surface area contributed by atoms with E-state index in [4.69, 9.17) is 4.42 Å². The van der Waals surface area contributed by atoms with Gasteiger partial charge in [0.25, 0.3) is 0 Å². The third-order valence-corrected chi connectivity index (χ3v) is 9.83. The van der Waals surface area contributed by atoms with Crippen LogP contribution in [0.2, 0.25) is 0 Å². The first kappa shape index (κ1) is 25.8. The number of rotatable bonds is 5. The van der Waals surface area contributed by atoms with E-state index in [-0.39, 0.29) is 0 Å². The van der Waals surface area contributed by atoms with Gasteiger partial charge in [0.2, 0.25) is 0 Å². The lowest BCUT2D eigenvalue weighted by molar-refractivity contribution is 0.669. The topological polar surface area (TPSA) is 16.4 Å². The van der Waals surface area contributed by atoms with Gasteiger partial charge in [0, 0.05) is 36.5 Å². The second-order valence-electron chi connectivity index (χ2n) is 11.3. The summed E-state index contributed by atoms with van der Waals surface area (Å²) in [4.78, 5) is 2.41. The number of fused-ring (bicyclic) bond motifs is 6. The summed E-state index contributed by atoms with van der Waals surface area (Å²) in [6, 6.07) is 58.4. The lowest BCUT2D eigenvalue weighted by atomic mass is 9.98. The molecule has 0 saturated heterocycles. The van der Waals surface area contributed by atoms with Crippen LogP contribution in [0, 0.1) is 0 Å². The minimum atomic E-state index is 0.879. The lowest BCUT2D eigenvalue weighted by Crippen LogP contribution is -2.12. The van der Waals surface area contributed by atoms with Gasteiger partial charge in [-0.1, -0.05) is 127 Å². The monoisotopic (exact) mass is 593 g/mol. The summed E-state index contributed by atoms with van der Waals surface area (Å²) in [6.45, 7) is 0. The first-order valence-electron chi connectivity index (χ1n) is 15.2. The lowest BCUT2D eigenvalue weighted by Gasteiger charge is -2.28. The van der Waals surface area contributed by atoms with E-state index in [0.717, 1.165) is 50.1 Å². The summed E-state index contributed by atoms with van der Waals surface area (Å²) < 4.78 is 9.21. The molecule has 7 aromatic carbocycles. The molecule has 0 aliphatic carbocycles. The zero-order chi connectivity index (χ0) is 29.7. The first-order chi connectivity index (χ1) is 22.3. The highest BCUT2D eigenvalue weighted by Crippen LogP contribution is 2.49. The zero-order valence-corrected chi connectivity index (χ0v) is 25.2. The quantitative estimate of drug-likeness (QED) is 0.197. The number of furan rings is 1. The van der Waals surface area contributed by atoms with Crippen LogP contribution in [0.1, 0.15) is 0 Å². The van der Waals surface area contributed by atoms with E-state index in [0.29, 0.717) is 0 Å². The van der Waals surface area contributed by atoms with Crippen molar-refractivity contribution in [1.29, 1.82) is 0 Å². The fraction of sp³-hybridized carbons (Fsp3) is 0. The van der Waals surface area contributed by atoms with Crippen molar-refractivity contribution in [3.05, 3.63) is 164 Å². The summed E-state index contributed by atoms with van der Waals surface area (Å²) in [6.07, 6.45) is 0. The molecule has 0 aliphatic heterocycles. The van der Waals surface area contributed by atoms with Gasteiger partial charge in [-0.25, -0.2) is 0 Å². The van der Waals surface area contributed by atoms with Crippen molar-refractivity contribution in [2.24, 2.45) is 0 Å². The minimum Gasteiger partial charge on any atom is -0.454 e. The van der Waals surface area contributed by atoms with Gasteiger partial charge < -0.3 is 9.32 Å². The normalized spacial score (nSPS) is 11.6. The molecule has 2 aromatic heterocycles. The number of anilines is 3. The molecule has 0 bridgehead atoms. The van der Waals surface area contributed by atoms with Crippen LogP contribution in [-0.4, -0.2) is 0 Å². The molecule has 45 heavy (non-hydrogen) atoms. The molecule has 9 rings (SSSR count). The Morgan fingerprint density at radius 3 is 1.89 bits per heavy atom. The van der Waals surface area contributed by atoms with E-state index in [1.807, 2.05) is 17.4 Å². The smallest absolute Gasteiger partial charge is 0.159 e. The molecule has 2 nitrogen and oxygen atoms in total. The maximum atomic E-state index is 6.66. The van der Waals surface area contributed by atoms with Gasteiger partial charge in [-0.2, -0.15) is 0 Å². The first-order valence-corrected chi connectivity index (χ1v) is 16.0. The largest absolute Gasteiger partial charge is 0.454 e. The predicted molar refractivity (Wildman–Crippen MR) is 192 cm³/mol. The van der Waals surface area contributed by atoms with Gasteiger partial charge in [-0.05, 0) is 53.1 Å². The van der Waals surface area contributed by atoms with Crippen LogP contribution < -0.4 is 4.90 Å². The summed E-state index contributed by atoms with van der Waals surface area (Å²) >= 11 is 1.84. The van der Waals surface area contributed by atoms with Crippen molar-refractivity contribution in [2.75, 3.05) is 4.90 Å². The summed E-state index contributed by atoms with van der Waals surface area (Å²) in [5, 5.41) is 4.75. The van der Waals surface area contributed by atoms with E-state index in [1.54, 1.807) is 0 Å². The van der Waals surface area contributed by atoms with Crippen LogP contribution in [0.25, 0.3) is 64.4 Å². The highest BCUT2D eigenvalue weighted by atomic mass is 32.1. The van der Waals surface area contributed by atoms with Crippen molar-refractivity contribution in [1.82, 2.24) is 0 Å². The van der Waals surface area contributed by atoms with Crippen molar-refractivity contribution in [3.63, 3.8) is 0 Å². The second-order valence-corrected chi connectivity index (χ2v) is 12.4. The molecule has 0 aliphatic rings. The number of benzene rings is 7. The van der Waals surface area contributed by atoms with E-state index in [1.165, 1.54) is 31.3 Å². The average Bonchev–Trinajstić information content (AvgIpc) is 3.69. The third kappa shape index (κ3) is 4.24. The molecule has 0 unspecified atom stereocenters. The van der Waals surface area contributed by atoms with E-state index < -0.39 is 0 Å². The van der Waals surface area contributed by atoms with Gasteiger partial charge in [-0.15, -0.1) is 11.3 Å². The average molecular weight is 594 g/mol. The number of thiophene rings is 1. The number of para-hydroxylation sites is 3. The maximum absolute atomic E-state index is 6.66. The fourth-order valence-corrected chi connectivity index (χ4v) is 7.75. The molecular weight excluding hydrogens is 567 g/mol. The summed E-state index contributed by atoms with van der Waals surface area (Å²) in [5.74, 6) is 0. The molecule has 2 heterocycles. The van der Waals surface area contributed by atoms with E-state index >= 15 is 0 Å². The Morgan fingerprint density at radius 1 is 0.400 bits per heavy atom. The second kappa shape index (κ2) is 10.5. The molecule has 0 atom stereocenters. The van der Waals surface area contributed by atoms with Gasteiger partial charge in [0.1, 0.15) is 5.58 Å². The predicted octanol–water partition coefficient (Wildman–Crippen LogP) is 12.8. The zero-order valence-electron chi connectivity index (χ0n) is 24.4. The molecule has 0 fully saturated rings. The SMILES string of the molecule is c1ccc(-c2ccc(-c3ccccc3N(c3cccc4c3oc3ccccc34)c3cccc4sc5ccccc5c34)cc2)cc1. The Bertz CT molecular complexity index is 2490. The molecule has 0 amide bonds. The molecule has 212 valence electrons. The molecule has 9 aromatic rings. The molecule has 3 heteroatoms. The van der Waals surface area contributed by atoms with Gasteiger partial charge >= 0.3 is 0 Å². The van der Waals surface area contributed by atoms with Crippen LogP contribution >= 0.6 is 11.3 Å². The van der Waals surface area contributed by atoms with Crippen molar-refractivity contribution in [2.45, 2.75) is 0 Å². The Morgan fingerprint density at radius 2 is 1.00 bits per heavy atom. The number of hydrogen-bond acceptors (Lipinski definition) is 3. The van der Waals surface area contributed by atoms with Crippen LogP contribution in [0.4, 0.5) is 17.1 Å². The van der Waals surface area contributed by atoms with Crippen LogP contribution in [0.5, 0.6) is 0 Å². The Balaban J connectivity index is 1.33. The third-order valence-electron chi connectivity index (χ3n) is 8.69. The molecule has 0 radical (unpaired) electrons. The standard InChI is InChI=1S/C42H27NOS/c1-2-12-28(13-3-1)29-24-26-30(27-25-29)31-14-4-7-18-35(31)43(36-19-11-23-40-41(36)34-16-6-9-22-39(34)45-40)37-20-10-17-33-32-15-5-8-21-38(32)44-42(33)37/h1-27H. The van der Waals surface area contributed by atoms with Crippen molar-refractivity contribution in [3.8, 4) is 22.3 Å². The molecule has 0 N–H and O–H groups in total. The van der Waals surface area contributed by atoms with Gasteiger partial charge in [0.05, 0.1) is 17.1 Å². The summed E-state index contributed by atoms with van der Waals surface area (Å²) in [7, 11) is 0. The molecule has 0 spiro atoms. The number of hydrogen-bond donors (Lipinski definition) is 0. The summed E-state index contributed by atoms with van der Waals surface area (Å²) in [5.41, 5.74) is 9.75. The number of nitrogens with zero attached hydrogens (tertiary/aromatic N) is 1. The van der Waals surface area contributed by atoms with E-state index in [9.17, 15) is 0 Å². The van der Waals surface area contributed by atoms with Gasteiger partial charge in [0.15, 0.2) is 5.58 Å². The fourth-order valence-electron chi connectivity index (χ4n) is 6.63. The molecular formula is C42H27NOS. The maximum Gasteiger partial charge on any atom is 0.159 e. The minimum absolute atomic E-state index is 0.879. The Labute approximate surface area is 265 Å². The Hall–Kier alpha value is -5.64. The van der Waals surface area contributed by atoms with Crippen LogP contribution in [-0.2, 0) is 0 Å². The molecule has 0 saturated carbocycles. The van der Waals surface area contributed by atoms with Crippen LogP contribution in [0.3, 0.4) is 0 Å². The van der Waals surface area contributed by atoms with Gasteiger partial charge in [-0.3, -0.25) is 0 Å². The highest BCUT2D eigenvalue weighted by Gasteiger charge is 2.24. The Kier molecular flexibility index (Phi) is 6.03. The van der Waals surface area contributed by atoms with Crippen molar-refractivity contribution < 1.29 is 4.42 Å². The van der Waals surface area contributed by atoms with Crippen LogP contribution in [0.15, 0.2) is 168 Å². The highest BCUT2D eigenvalue weighted by molar-refractivity contribution is 7.26.